The average Bonchev–Trinajstić information content (AvgIpc) is 2.65. The van der Waals surface area contributed by atoms with Crippen LogP contribution in [0.1, 0.15) is 31.2 Å². The molecule has 144 valence electrons. The van der Waals surface area contributed by atoms with E-state index in [4.69, 9.17) is 10.5 Å². The maximum absolute atomic E-state index is 13.2. The van der Waals surface area contributed by atoms with E-state index in [9.17, 15) is 18.7 Å². The highest BCUT2D eigenvalue weighted by molar-refractivity contribution is 5.76. The Morgan fingerprint density at radius 1 is 1.31 bits per heavy atom. The number of hydrogen-bond acceptors (Lipinski definition) is 4. The van der Waals surface area contributed by atoms with Crippen molar-refractivity contribution in [2.24, 2.45) is 11.1 Å². The molecule has 0 unspecified atom stereocenters. The number of likely N-dealkylation sites (tertiary alicyclic amines) is 1. The smallest absolute Gasteiger partial charge is 0.222 e. The zero-order valence-corrected chi connectivity index (χ0v) is 14.8. The van der Waals surface area contributed by atoms with E-state index in [0.29, 0.717) is 57.5 Å². The number of aliphatic hydroxyl groups is 1. The van der Waals surface area contributed by atoms with E-state index in [1.165, 1.54) is 6.07 Å². The number of nitrogens with two attached hydrogens (primary N) is 1. The summed E-state index contributed by atoms with van der Waals surface area (Å²) in [5.74, 6) is -1.78. The predicted molar refractivity (Wildman–Crippen MR) is 92.3 cm³/mol. The van der Waals surface area contributed by atoms with Crippen LogP contribution in [-0.2, 0) is 16.0 Å². The van der Waals surface area contributed by atoms with E-state index in [-0.39, 0.29) is 30.0 Å². The zero-order valence-electron chi connectivity index (χ0n) is 14.8. The van der Waals surface area contributed by atoms with Gasteiger partial charge in [0.15, 0.2) is 11.6 Å². The van der Waals surface area contributed by atoms with Crippen LogP contribution in [0.25, 0.3) is 0 Å². The summed E-state index contributed by atoms with van der Waals surface area (Å²) in [5, 5.41) is 10.2. The maximum Gasteiger partial charge on any atom is 0.222 e. The summed E-state index contributed by atoms with van der Waals surface area (Å²) >= 11 is 0. The van der Waals surface area contributed by atoms with E-state index in [1.54, 1.807) is 4.90 Å². The molecule has 0 aromatic heterocycles. The lowest BCUT2D eigenvalue weighted by molar-refractivity contribution is -0.210. The molecule has 5 nitrogen and oxygen atoms in total. The first-order valence-electron chi connectivity index (χ1n) is 9.18. The van der Waals surface area contributed by atoms with Crippen LogP contribution in [0.2, 0.25) is 0 Å². The SMILES string of the molecule is NCCO[C@H]1C[C@@H](O)C12CCN(C(=O)CCc1ccc(F)c(F)c1)CC2. The van der Waals surface area contributed by atoms with Crippen LogP contribution in [0.3, 0.4) is 0 Å². The van der Waals surface area contributed by atoms with Crippen LogP contribution in [0, 0.1) is 17.0 Å². The van der Waals surface area contributed by atoms with E-state index >= 15 is 0 Å². The summed E-state index contributed by atoms with van der Waals surface area (Å²) in [4.78, 5) is 14.2. The van der Waals surface area contributed by atoms with E-state index < -0.39 is 11.6 Å². The minimum atomic E-state index is -0.891. The Hall–Kier alpha value is -1.57. The van der Waals surface area contributed by atoms with Crippen molar-refractivity contribution in [2.75, 3.05) is 26.2 Å². The van der Waals surface area contributed by atoms with Gasteiger partial charge in [-0.05, 0) is 37.0 Å². The van der Waals surface area contributed by atoms with Crippen molar-refractivity contribution < 1.29 is 23.4 Å². The second-order valence-electron chi connectivity index (χ2n) is 7.26. The quantitative estimate of drug-likeness (QED) is 0.800. The molecule has 0 bridgehead atoms. The molecule has 1 spiro atoms. The molecular formula is C19H26F2N2O3. The van der Waals surface area contributed by atoms with Gasteiger partial charge >= 0.3 is 0 Å². The monoisotopic (exact) mass is 368 g/mol. The molecule has 3 N–H and O–H groups in total. The maximum atomic E-state index is 13.2. The van der Waals surface area contributed by atoms with Gasteiger partial charge < -0.3 is 20.5 Å². The van der Waals surface area contributed by atoms with E-state index in [0.717, 1.165) is 12.1 Å². The molecule has 1 heterocycles. The number of nitrogens with zero attached hydrogens (tertiary/aromatic N) is 1. The number of hydrogen-bond donors (Lipinski definition) is 2. The van der Waals surface area contributed by atoms with Crippen LogP contribution in [0.15, 0.2) is 18.2 Å². The van der Waals surface area contributed by atoms with Crippen LogP contribution in [0.5, 0.6) is 0 Å². The fourth-order valence-corrected chi connectivity index (χ4v) is 4.10. The Morgan fingerprint density at radius 3 is 2.65 bits per heavy atom. The zero-order chi connectivity index (χ0) is 18.7. The van der Waals surface area contributed by atoms with Crippen molar-refractivity contribution in [3.63, 3.8) is 0 Å². The van der Waals surface area contributed by atoms with Gasteiger partial charge in [0.2, 0.25) is 5.91 Å². The Morgan fingerprint density at radius 2 is 2.04 bits per heavy atom. The Bertz CT molecular complexity index is 648. The van der Waals surface area contributed by atoms with Crippen molar-refractivity contribution in [1.82, 2.24) is 4.90 Å². The van der Waals surface area contributed by atoms with Gasteiger partial charge in [-0.25, -0.2) is 8.78 Å². The van der Waals surface area contributed by atoms with Gasteiger partial charge in [0.25, 0.3) is 0 Å². The first-order valence-corrected chi connectivity index (χ1v) is 9.18. The van der Waals surface area contributed by atoms with Gasteiger partial charge in [-0.1, -0.05) is 6.07 Å². The number of amides is 1. The minimum absolute atomic E-state index is 0.00202. The Balaban J connectivity index is 1.49. The molecule has 26 heavy (non-hydrogen) atoms. The third-order valence-electron chi connectivity index (χ3n) is 5.84. The number of piperidine rings is 1. The summed E-state index contributed by atoms with van der Waals surface area (Å²) in [6, 6.07) is 3.72. The minimum Gasteiger partial charge on any atom is -0.392 e. The number of benzene rings is 1. The molecule has 0 radical (unpaired) electrons. The van der Waals surface area contributed by atoms with Crippen molar-refractivity contribution in [1.29, 1.82) is 0 Å². The lowest BCUT2D eigenvalue weighted by Crippen LogP contribution is -2.62. The number of carbonyl (C=O) groups excluding carboxylic acids is 1. The second-order valence-corrected chi connectivity index (χ2v) is 7.26. The fourth-order valence-electron chi connectivity index (χ4n) is 4.10. The molecule has 1 aliphatic carbocycles. The molecule has 7 heteroatoms. The third-order valence-corrected chi connectivity index (χ3v) is 5.84. The molecule has 1 aliphatic heterocycles. The lowest BCUT2D eigenvalue weighted by atomic mass is 9.58. The third kappa shape index (κ3) is 3.75. The van der Waals surface area contributed by atoms with Crippen LogP contribution < -0.4 is 5.73 Å². The number of aryl methyl sites for hydroxylation is 1. The molecule has 1 aromatic carbocycles. The summed E-state index contributed by atoms with van der Waals surface area (Å²) in [7, 11) is 0. The molecule has 1 saturated carbocycles. The average molecular weight is 368 g/mol. The van der Waals surface area contributed by atoms with Crippen molar-refractivity contribution in [3.05, 3.63) is 35.4 Å². The van der Waals surface area contributed by atoms with Gasteiger partial charge in [-0.15, -0.1) is 0 Å². The molecule has 1 saturated heterocycles. The molecule has 2 fully saturated rings. The lowest BCUT2D eigenvalue weighted by Gasteiger charge is -2.56. The Labute approximate surface area is 152 Å². The van der Waals surface area contributed by atoms with Crippen LogP contribution in [-0.4, -0.2) is 54.4 Å². The second kappa shape index (κ2) is 7.98. The topological polar surface area (TPSA) is 75.8 Å². The normalized spacial score (nSPS) is 24.5. The van der Waals surface area contributed by atoms with Crippen LogP contribution >= 0.6 is 0 Å². The first-order chi connectivity index (χ1) is 12.5. The van der Waals surface area contributed by atoms with Gasteiger partial charge in [0.05, 0.1) is 18.8 Å². The standard InChI is InChI=1S/C19H26F2N2O3/c20-14-3-1-13(11-15(14)21)2-4-18(25)23-8-5-19(6-9-23)16(24)12-17(19)26-10-7-22/h1,3,11,16-17,24H,2,4-10,12,22H2/t16-,17+/m1/s1. The summed E-state index contributed by atoms with van der Waals surface area (Å²) in [5.41, 5.74) is 5.83. The summed E-state index contributed by atoms with van der Waals surface area (Å²) in [6.07, 6.45) is 2.31. The molecule has 1 aromatic rings. The molecular weight excluding hydrogens is 342 g/mol. The number of carbonyl (C=O) groups is 1. The molecule has 2 aliphatic rings. The predicted octanol–water partition coefficient (Wildman–Crippen LogP) is 1.61. The van der Waals surface area contributed by atoms with Gasteiger partial charge in [-0.3, -0.25) is 4.79 Å². The fraction of sp³-hybridized carbons (Fsp3) is 0.632. The van der Waals surface area contributed by atoms with Crippen molar-refractivity contribution >= 4 is 5.91 Å². The number of rotatable bonds is 6. The molecule has 2 atom stereocenters. The number of aliphatic hydroxyl groups excluding tert-OH is 1. The summed E-state index contributed by atoms with van der Waals surface area (Å²) in [6.45, 7) is 2.10. The van der Waals surface area contributed by atoms with Crippen molar-refractivity contribution in [2.45, 2.75) is 44.3 Å². The van der Waals surface area contributed by atoms with Crippen LogP contribution in [0.4, 0.5) is 8.78 Å². The number of ether oxygens (including phenoxy) is 1. The highest BCUT2D eigenvalue weighted by Crippen LogP contribution is 2.50. The highest BCUT2D eigenvalue weighted by Gasteiger charge is 2.56. The highest BCUT2D eigenvalue weighted by atomic mass is 19.2. The van der Waals surface area contributed by atoms with E-state index in [2.05, 4.69) is 0 Å². The van der Waals surface area contributed by atoms with E-state index in [1.807, 2.05) is 0 Å². The van der Waals surface area contributed by atoms with Gasteiger partial charge in [0.1, 0.15) is 0 Å². The van der Waals surface area contributed by atoms with Gasteiger partial charge in [0, 0.05) is 37.9 Å². The molecule has 1 amide bonds. The largest absolute Gasteiger partial charge is 0.392 e. The Kier molecular flexibility index (Phi) is 5.89. The number of halogens is 2. The molecule has 3 rings (SSSR count). The van der Waals surface area contributed by atoms with Gasteiger partial charge in [-0.2, -0.15) is 0 Å². The van der Waals surface area contributed by atoms with Crippen molar-refractivity contribution in [3.8, 4) is 0 Å². The first kappa shape index (κ1) is 19.2. The summed E-state index contributed by atoms with van der Waals surface area (Å²) < 4.78 is 31.9.